The summed E-state index contributed by atoms with van der Waals surface area (Å²) in [6.45, 7) is 5.18. The lowest BCUT2D eigenvalue weighted by atomic mass is 10.0. The molecule has 2 atom stereocenters. The highest BCUT2D eigenvalue weighted by Crippen LogP contribution is 2.39. The number of piperidine rings is 1. The van der Waals surface area contributed by atoms with E-state index in [0.717, 1.165) is 45.1 Å². The molecule has 2 fully saturated rings. The first kappa shape index (κ1) is 22.6. The number of hydrogen-bond donors (Lipinski definition) is 3. The number of H-pyrrole nitrogens is 1. The number of carbonyl (C=O) groups excluding carboxylic acids is 1. The van der Waals surface area contributed by atoms with Crippen LogP contribution in [0.3, 0.4) is 0 Å². The van der Waals surface area contributed by atoms with Gasteiger partial charge in [0.25, 0.3) is 5.91 Å². The number of rotatable bonds is 4. The van der Waals surface area contributed by atoms with Gasteiger partial charge in [-0.2, -0.15) is 13.2 Å². The molecule has 2 saturated heterocycles. The molecule has 1 aromatic carbocycles. The summed E-state index contributed by atoms with van der Waals surface area (Å²) < 4.78 is 41.5. The van der Waals surface area contributed by atoms with Crippen LogP contribution >= 0.6 is 0 Å². The van der Waals surface area contributed by atoms with Crippen LogP contribution in [0.1, 0.15) is 42.1 Å². The number of amides is 1. The van der Waals surface area contributed by atoms with E-state index in [1.54, 1.807) is 18.2 Å². The van der Waals surface area contributed by atoms with E-state index in [1.807, 2.05) is 4.90 Å². The quantitative estimate of drug-likeness (QED) is 0.528. The summed E-state index contributed by atoms with van der Waals surface area (Å²) in [5, 5.41) is 6.99. The second-order valence-electron chi connectivity index (χ2n) is 9.25. The number of benzene rings is 1. The van der Waals surface area contributed by atoms with Crippen molar-refractivity contribution in [1.29, 1.82) is 0 Å². The zero-order valence-corrected chi connectivity index (χ0v) is 18.9. The van der Waals surface area contributed by atoms with Gasteiger partial charge in [-0.05, 0) is 43.9 Å². The number of fused-ring (bicyclic) bond motifs is 1. The molecule has 1 amide bonds. The fraction of sp³-hybridized carbons (Fsp3) is 0.458. The smallest absolute Gasteiger partial charge is 0.360 e. The summed E-state index contributed by atoms with van der Waals surface area (Å²) in [5.74, 6) is 0.574. The molecular weight excluding hydrogens is 445 g/mol. The van der Waals surface area contributed by atoms with Gasteiger partial charge < -0.3 is 20.5 Å². The number of halogens is 3. The number of likely N-dealkylation sites (tertiary alicyclic amines) is 1. The SMILES string of the molecule is C[C@@H]1CCN(C(=O)c2ccc3c(-c4nc(N[C@H]5CCCNC5)ncc4C(F)(F)F)c[nH]c3c2)C1. The van der Waals surface area contributed by atoms with Crippen LogP contribution in [0.4, 0.5) is 19.1 Å². The maximum atomic E-state index is 13.8. The van der Waals surface area contributed by atoms with Crippen molar-refractivity contribution in [2.45, 2.75) is 38.4 Å². The number of aromatic amines is 1. The number of anilines is 1. The standard InChI is InChI=1S/C24H27F3N6O/c1-14-6-8-33(13-14)22(34)15-4-5-17-18(11-29-20(17)9-15)21-19(24(25,26)27)12-30-23(32-21)31-16-3-2-7-28-10-16/h4-5,9,11-12,14,16,28-29H,2-3,6-8,10,13H2,1H3,(H,30,31,32)/t14-,16+/m1/s1. The Labute approximate surface area is 195 Å². The Bertz CT molecular complexity index is 1200. The average molecular weight is 473 g/mol. The summed E-state index contributed by atoms with van der Waals surface area (Å²) in [6.07, 6.45) is 0.595. The monoisotopic (exact) mass is 472 g/mol. The molecule has 7 nitrogen and oxygen atoms in total. The Kier molecular flexibility index (Phi) is 5.93. The van der Waals surface area contributed by atoms with Gasteiger partial charge in [-0.1, -0.05) is 13.0 Å². The maximum absolute atomic E-state index is 13.8. The molecule has 3 aromatic rings. The molecule has 0 bridgehead atoms. The molecule has 0 saturated carbocycles. The summed E-state index contributed by atoms with van der Waals surface area (Å²) in [6, 6.07) is 5.12. The van der Waals surface area contributed by atoms with Gasteiger partial charge >= 0.3 is 6.18 Å². The van der Waals surface area contributed by atoms with E-state index in [-0.39, 0.29) is 23.6 Å². The van der Waals surface area contributed by atoms with E-state index < -0.39 is 11.7 Å². The fourth-order valence-electron chi connectivity index (χ4n) is 4.78. The summed E-state index contributed by atoms with van der Waals surface area (Å²) in [7, 11) is 0. The largest absolute Gasteiger partial charge is 0.419 e. The van der Waals surface area contributed by atoms with Crippen LogP contribution in [0.25, 0.3) is 22.2 Å². The van der Waals surface area contributed by atoms with E-state index in [2.05, 4.69) is 32.5 Å². The molecule has 0 spiro atoms. The Morgan fingerprint density at radius 2 is 2.12 bits per heavy atom. The molecule has 0 radical (unpaired) electrons. The van der Waals surface area contributed by atoms with Crippen LogP contribution in [-0.2, 0) is 6.18 Å². The van der Waals surface area contributed by atoms with Gasteiger partial charge in [-0.15, -0.1) is 0 Å². The van der Waals surface area contributed by atoms with Crippen molar-refractivity contribution in [3.63, 3.8) is 0 Å². The third-order valence-electron chi connectivity index (χ3n) is 6.62. The lowest BCUT2D eigenvalue weighted by molar-refractivity contribution is -0.137. The van der Waals surface area contributed by atoms with E-state index in [1.165, 1.54) is 6.20 Å². The van der Waals surface area contributed by atoms with E-state index in [9.17, 15) is 18.0 Å². The Morgan fingerprint density at radius 3 is 2.82 bits per heavy atom. The lowest BCUT2D eigenvalue weighted by Gasteiger charge is -2.24. The molecule has 10 heteroatoms. The summed E-state index contributed by atoms with van der Waals surface area (Å²) in [5.41, 5.74) is 0.342. The minimum atomic E-state index is -4.60. The molecule has 2 aliphatic rings. The van der Waals surface area contributed by atoms with E-state index in [0.29, 0.717) is 34.5 Å². The molecule has 5 rings (SSSR count). The molecule has 2 aromatic heterocycles. The van der Waals surface area contributed by atoms with Gasteiger partial charge in [0.15, 0.2) is 0 Å². The number of hydrogen-bond acceptors (Lipinski definition) is 5. The minimum absolute atomic E-state index is 0.0585. The molecule has 180 valence electrons. The molecule has 0 aliphatic carbocycles. The third kappa shape index (κ3) is 4.46. The first-order chi connectivity index (χ1) is 16.3. The fourth-order valence-corrected chi connectivity index (χ4v) is 4.78. The number of nitrogens with zero attached hydrogens (tertiary/aromatic N) is 3. The minimum Gasteiger partial charge on any atom is -0.360 e. The van der Waals surface area contributed by atoms with E-state index >= 15 is 0 Å². The van der Waals surface area contributed by atoms with E-state index in [4.69, 9.17) is 0 Å². The average Bonchev–Trinajstić information content (AvgIpc) is 3.44. The summed E-state index contributed by atoms with van der Waals surface area (Å²) >= 11 is 0. The van der Waals surface area contributed by atoms with Crippen LogP contribution in [0.5, 0.6) is 0 Å². The highest BCUT2D eigenvalue weighted by Gasteiger charge is 2.36. The predicted molar refractivity (Wildman–Crippen MR) is 124 cm³/mol. The molecule has 2 aliphatic heterocycles. The normalized spacial score (nSPS) is 21.2. The zero-order valence-electron chi connectivity index (χ0n) is 18.9. The first-order valence-corrected chi connectivity index (χ1v) is 11.6. The third-order valence-corrected chi connectivity index (χ3v) is 6.62. The number of aromatic nitrogens is 3. The van der Waals surface area contributed by atoms with Crippen molar-refractivity contribution < 1.29 is 18.0 Å². The van der Waals surface area contributed by atoms with Gasteiger partial charge in [-0.3, -0.25) is 4.79 Å². The van der Waals surface area contributed by atoms with Crippen LogP contribution in [-0.4, -0.2) is 58.0 Å². The Balaban J connectivity index is 1.50. The molecule has 0 unspecified atom stereocenters. The van der Waals surface area contributed by atoms with Gasteiger partial charge in [-0.25, -0.2) is 9.97 Å². The number of alkyl halides is 3. The number of carbonyl (C=O) groups is 1. The van der Waals surface area contributed by atoms with Crippen molar-refractivity contribution >= 4 is 22.8 Å². The van der Waals surface area contributed by atoms with Crippen LogP contribution in [0, 0.1) is 5.92 Å². The summed E-state index contributed by atoms with van der Waals surface area (Å²) in [4.78, 5) is 25.9. The maximum Gasteiger partial charge on any atom is 0.419 e. The lowest BCUT2D eigenvalue weighted by Crippen LogP contribution is -2.38. The van der Waals surface area contributed by atoms with Gasteiger partial charge in [0.2, 0.25) is 5.95 Å². The molecular formula is C24H27F3N6O. The van der Waals surface area contributed by atoms with Crippen molar-refractivity contribution in [1.82, 2.24) is 25.2 Å². The second-order valence-corrected chi connectivity index (χ2v) is 9.25. The highest BCUT2D eigenvalue weighted by atomic mass is 19.4. The highest BCUT2D eigenvalue weighted by molar-refractivity contribution is 6.02. The van der Waals surface area contributed by atoms with Gasteiger partial charge in [0, 0.05) is 60.1 Å². The second kappa shape index (κ2) is 8.90. The van der Waals surface area contributed by atoms with Gasteiger partial charge in [0.1, 0.15) is 5.56 Å². The zero-order chi connectivity index (χ0) is 23.9. The van der Waals surface area contributed by atoms with Crippen LogP contribution in [0.2, 0.25) is 0 Å². The number of nitrogens with one attached hydrogen (secondary N) is 3. The predicted octanol–water partition coefficient (Wildman–Crippen LogP) is 4.29. The van der Waals surface area contributed by atoms with Crippen molar-refractivity contribution in [3.8, 4) is 11.3 Å². The van der Waals surface area contributed by atoms with Crippen LogP contribution in [0.15, 0.2) is 30.6 Å². The molecule has 3 N–H and O–H groups in total. The molecule has 4 heterocycles. The first-order valence-electron chi connectivity index (χ1n) is 11.6. The van der Waals surface area contributed by atoms with Gasteiger partial charge in [0.05, 0.1) is 5.69 Å². The van der Waals surface area contributed by atoms with Crippen molar-refractivity contribution in [3.05, 3.63) is 41.7 Å². The Hall–Kier alpha value is -3.14. The van der Waals surface area contributed by atoms with Crippen LogP contribution < -0.4 is 10.6 Å². The van der Waals surface area contributed by atoms with Crippen molar-refractivity contribution in [2.75, 3.05) is 31.5 Å². The molecule has 34 heavy (non-hydrogen) atoms. The Morgan fingerprint density at radius 1 is 1.26 bits per heavy atom. The topological polar surface area (TPSA) is 85.9 Å². The van der Waals surface area contributed by atoms with Crippen molar-refractivity contribution in [2.24, 2.45) is 5.92 Å².